The molecule has 100 valence electrons. The van der Waals surface area contributed by atoms with Gasteiger partial charge in [0.05, 0.1) is 7.11 Å². The van der Waals surface area contributed by atoms with Crippen molar-refractivity contribution < 1.29 is 9.53 Å². The van der Waals surface area contributed by atoms with E-state index in [4.69, 9.17) is 16.3 Å². The summed E-state index contributed by atoms with van der Waals surface area (Å²) in [4.78, 5) is 12.1. The number of methoxy groups -OCH3 is 1. The van der Waals surface area contributed by atoms with E-state index in [-0.39, 0.29) is 11.4 Å². The fourth-order valence-corrected chi connectivity index (χ4v) is 2.04. The number of carbonyl (C=O) groups excluding carboxylic acids is 1. The Bertz CT molecular complexity index is 391. The number of nitrogens with one attached hydrogen (secondary N) is 1. The minimum absolute atomic E-state index is 0.0767. The summed E-state index contributed by atoms with van der Waals surface area (Å²) in [5.74, 6) is 1.20. The van der Waals surface area contributed by atoms with Crippen molar-refractivity contribution in [3.63, 3.8) is 0 Å². The molecule has 0 aliphatic rings. The third-order valence-electron chi connectivity index (χ3n) is 3.19. The maximum Gasteiger partial charge on any atom is 0.251 e. The molecule has 0 saturated heterocycles. The van der Waals surface area contributed by atoms with Crippen LogP contribution in [0.3, 0.4) is 0 Å². The van der Waals surface area contributed by atoms with Gasteiger partial charge in [-0.1, -0.05) is 6.92 Å². The van der Waals surface area contributed by atoms with Crippen molar-refractivity contribution in [3.05, 3.63) is 29.8 Å². The number of amides is 1. The molecule has 0 spiro atoms. The summed E-state index contributed by atoms with van der Waals surface area (Å²) in [6.07, 6.45) is 1.61. The highest BCUT2D eigenvalue weighted by Crippen LogP contribution is 2.17. The molecule has 1 aromatic carbocycles. The molecule has 0 bridgehead atoms. The third kappa shape index (κ3) is 3.91. The van der Waals surface area contributed by atoms with Gasteiger partial charge in [0.15, 0.2) is 0 Å². The van der Waals surface area contributed by atoms with E-state index in [1.807, 2.05) is 13.8 Å². The highest BCUT2D eigenvalue weighted by atomic mass is 35.5. The summed E-state index contributed by atoms with van der Waals surface area (Å²) in [5, 5.41) is 3.03. The van der Waals surface area contributed by atoms with E-state index in [1.165, 1.54) is 0 Å². The Morgan fingerprint density at radius 1 is 1.39 bits per heavy atom. The zero-order valence-electron chi connectivity index (χ0n) is 11.1. The number of ether oxygens (including phenoxy) is 1. The fourth-order valence-electron chi connectivity index (χ4n) is 1.62. The van der Waals surface area contributed by atoms with E-state index in [9.17, 15) is 4.79 Å². The van der Waals surface area contributed by atoms with Gasteiger partial charge in [-0.05, 0) is 44.0 Å². The predicted molar refractivity (Wildman–Crippen MR) is 74.5 cm³/mol. The summed E-state index contributed by atoms with van der Waals surface area (Å²) in [6, 6.07) is 7.06. The van der Waals surface area contributed by atoms with E-state index in [2.05, 4.69) is 5.32 Å². The number of carbonyl (C=O) groups is 1. The van der Waals surface area contributed by atoms with Crippen LogP contribution in [-0.4, -0.2) is 24.4 Å². The number of hydrogen-bond donors (Lipinski definition) is 1. The first-order valence-corrected chi connectivity index (χ1v) is 6.60. The lowest BCUT2D eigenvalue weighted by atomic mass is 9.95. The zero-order chi connectivity index (χ0) is 13.6. The van der Waals surface area contributed by atoms with Crippen molar-refractivity contribution in [3.8, 4) is 5.75 Å². The Morgan fingerprint density at radius 3 is 2.44 bits per heavy atom. The maximum absolute atomic E-state index is 12.1. The fraction of sp³-hybridized carbons (Fsp3) is 0.500. The minimum atomic E-state index is -0.251. The molecular weight excluding hydrogens is 250 g/mol. The van der Waals surface area contributed by atoms with Gasteiger partial charge in [0.2, 0.25) is 0 Å². The lowest BCUT2D eigenvalue weighted by Crippen LogP contribution is -2.45. The molecule has 0 saturated carbocycles. The molecule has 1 amide bonds. The molecule has 1 aromatic rings. The molecule has 3 nitrogen and oxygen atoms in total. The molecule has 1 rings (SSSR count). The smallest absolute Gasteiger partial charge is 0.251 e. The van der Waals surface area contributed by atoms with Crippen molar-refractivity contribution in [1.82, 2.24) is 5.32 Å². The summed E-state index contributed by atoms with van der Waals surface area (Å²) in [5.41, 5.74) is 0.378. The van der Waals surface area contributed by atoms with Crippen LogP contribution in [0.1, 0.15) is 37.0 Å². The normalized spacial score (nSPS) is 13.8. The van der Waals surface area contributed by atoms with Gasteiger partial charge < -0.3 is 10.1 Å². The summed E-state index contributed by atoms with van der Waals surface area (Å²) in [7, 11) is 1.60. The Balaban J connectivity index is 2.74. The maximum atomic E-state index is 12.1. The van der Waals surface area contributed by atoms with Crippen LogP contribution in [0.25, 0.3) is 0 Å². The zero-order valence-corrected chi connectivity index (χ0v) is 11.9. The Labute approximate surface area is 113 Å². The molecule has 0 aliphatic heterocycles. The van der Waals surface area contributed by atoms with Crippen molar-refractivity contribution in [2.24, 2.45) is 0 Å². The van der Waals surface area contributed by atoms with Crippen LogP contribution < -0.4 is 10.1 Å². The Hall–Kier alpha value is -1.22. The van der Waals surface area contributed by atoms with Crippen molar-refractivity contribution in [2.75, 3.05) is 13.0 Å². The second-order valence-corrected chi connectivity index (χ2v) is 4.91. The molecular formula is C14H20ClNO2. The van der Waals surface area contributed by atoms with Crippen LogP contribution in [0.2, 0.25) is 0 Å². The van der Waals surface area contributed by atoms with Crippen LogP contribution in [-0.2, 0) is 0 Å². The van der Waals surface area contributed by atoms with Gasteiger partial charge >= 0.3 is 0 Å². The molecule has 1 atom stereocenters. The standard InChI is InChI=1S/C14H20ClNO2/c1-4-14(2,9-10-15)16-13(17)11-5-7-12(18-3)8-6-11/h5-8H,4,9-10H2,1-3H3,(H,16,17). The van der Waals surface area contributed by atoms with Crippen LogP contribution in [0.4, 0.5) is 0 Å². The van der Waals surface area contributed by atoms with Gasteiger partial charge in [-0.15, -0.1) is 11.6 Å². The average molecular weight is 270 g/mol. The van der Waals surface area contributed by atoms with Crippen molar-refractivity contribution in [1.29, 1.82) is 0 Å². The molecule has 4 heteroatoms. The van der Waals surface area contributed by atoms with E-state index in [0.29, 0.717) is 11.4 Å². The monoisotopic (exact) mass is 269 g/mol. The Kier molecular flexibility index (Phi) is 5.48. The van der Waals surface area contributed by atoms with Crippen LogP contribution in [0.15, 0.2) is 24.3 Å². The van der Waals surface area contributed by atoms with Crippen LogP contribution >= 0.6 is 11.6 Å². The third-order valence-corrected chi connectivity index (χ3v) is 3.38. The average Bonchev–Trinajstić information content (AvgIpc) is 2.39. The van der Waals surface area contributed by atoms with Crippen molar-refractivity contribution in [2.45, 2.75) is 32.2 Å². The summed E-state index contributed by atoms with van der Waals surface area (Å²) < 4.78 is 5.06. The first-order chi connectivity index (χ1) is 8.54. The number of halogens is 1. The van der Waals surface area contributed by atoms with E-state index >= 15 is 0 Å². The quantitative estimate of drug-likeness (QED) is 0.806. The molecule has 0 radical (unpaired) electrons. The molecule has 0 fully saturated rings. The molecule has 0 heterocycles. The lowest BCUT2D eigenvalue weighted by Gasteiger charge is -2.29. The minimum Gasteiger partial charge on any atom is -0.497 e. The number of benzene rings is 1. The predicted octanol–water partition coefficient (Wildman–Crippen LogP) is 3.22. The number of hydrogen-bond acceptors (Lipinski definition) is 2. The molecule has 1 N–H and O–H groups in total. The van der Waals surface area contributed by atoms with Crippen LogP contribution in [0, 0.1) is 0 Å². The molecule has 18 heavy (non-hydrogen) atoms. The molecule has 0 aromatic heterocycles. The van der Waals surface area contributed by atoms with Crippen molar-refractivity contribution >= 4 is 17.5 Å². The first kappa shape index (κ1) is 14.8. The van der Waals surface area contributed by atoms with Gasteiger partial charge in [0.25, 0.3) is 5.91 Å². The highest BCUT2D eigenvalue weighted by molar-refractivity contribution is 6.17. The largest absolute Gasteiger partial charge is 0.497 e. The summed E-state index contributed by atoms with van der Waals surface area (Å²) in [6.45, 7) is 4.05. The van der Waals surface area contributed by atoms with E-state index < -0.39 is 0 Å². The topological polar surface area (TPSA) is 38.3 Å². The number of alkyl halides is 1. The molecule has 1 unspecified atom stereocenters. The lowest BCUT2D eigenvalue weighted by molar-refractivity contribution is 0.0901. The van der Waals surface area contributed by atoms with E-state index in [1.54, 1.807) is 31.4 Å². The highest BCUT2D eigenvalue weighted by Gasteiger charge is 2.23. The van der Waals surface area contributed by atoms with Crippen LogP contribution in [0.5, 0.6) is 5.75 Å². The first-order valence-electron chi connectivity index (χ1n) is 6.07. The van der Waals surface area contributed by atoms with Gasteiger partial charge in [0.1, 0.15) is 5.75 Å². The second kappa shape index (κ2) is 6.64. The second-order valence-electron chi connectivity index (χ2n) is 4.54. The van der Waals surface area contributed by atoms with Gasteiger partial charge in [-0.3, -0.25) is 4.79 Å². The van der Waals surface area contributed by atoms with Gasteiger partial charge in [-0.25, -0.2) is 0 Å². The summed E-state index contributed by atoms with van der Waals surface area (Å²) >= 11 is 5.77. The van der Waals surface area contributed by atoms with Gasteiger partial charge in [-0.2, -0.15) is 0 Å². The SMILES string of the molecule is CCC(C)(CCCl)NC(=O)c1ccc(OC)cc1. The van der Waals surface area contributed by atoms with Gasteiger partial charge in [0, 0.05) is 17.0 Å². The number of rotatable bonds is 6. The Morgan fingerprint density at radius 2 is 2.00 bits per heavy atom. The van der Waals surface area contributed by atoms with E-state index in [0.717, 1.165) is 18.6 Å². The molecule has 0 aliphatic carbocycles.